The molecule has 0 unspecified atom stereocenters. The molecule has 0 atom stereocenters. The molecule has 176 valence electrons. The molecular weight excluding hydrogens is 464 g/mol. The number of thiophene rings is 1. The van der Waals surface area contributed by atoms with Gasteiger partial charge in [-0.15, -0.1) is 11.3 Å². The van der Waals surface area contributed by atoms with Crippen LogP contribution in [-0.2, 0) is 13.1 Å². The van der Waals surface area contributed by atoms with Crippen LogP contribution in [0.15, 0.2) is 66.3 Å². The highest BCUT2D eigenvalue weighted by Crippen LogP contribution is 2.25. The van der Waals surface area contributed by atoms with Gasteiger partial charge < -0.3 is 5.32 Å². The lowest BCUT2D eigenvalue weighted by Gasteiger charge is -2.09. The van der Waals surface area contributed by atoms with E-state index in [1.165, 1.54) is 39.2 Å². The largest absolute Gasteiger partial charge is 0.318 e. The molecule has 0 spiro atoms. The van der Waals surface area contributed by atoms with E-state index < -0.39 is 4.92 Å². The first-order chi connectivity index (χ1) is 16.9. The fourth-order valence-electron chi connectivity index (χ4n) is 4.10. The van der Waals surface area contributed by atoms with Crippen molar-refractivity contribution in [1.82, 2.24) is 19.6 Å². The number of nitro groups is 1. The maximum absolute atomic E-state index is 13.0. The molecule has 0 radical (unpaired) electrons. The summed E-state index contributed by atoms with van der Waals surface area (Å²) >= 11 is 1.32. The summed E-state index contributed by atoms with van der Waals surface area (Å²) in [6, 6.07) is 16.3. The monoisotopic (exact) mass is 486 g/mol. The highest BCUT2D eigenvalue weighted by Gasteiger charge is 2.18. The normalized spacial score (nSPS) is 11.1. The Balaban J connectivity index is 1.32. The third kappa shape index (κ3) is 4.56. The van der Waals surface area contributed by atoms with Gasteiger partial charge in [0.25, 0.3) is 5.91 Å². The molecule has 0 saturated carbocycles. The van der Waals surface area contributed by atoms with Crippen molar-refractivity contribution in [3.63, 3.8) is 0 Å². The molecule has 0 fully saturated rings. The van der Waals surface area contributed by atoms with Gasteiger partial charge in [0, 0.05) is 0 Å². The van der Waals surface area contributed by atoms with Crippen LogP contribution < -0.4 is 5.32 Å². The van der Waals surface area contributed by atoms with Gasteiger partial charge in [-0.3, -0.25) is 24.3 Å². The maximum atomic E-state index is 13.0. The fraction of sp³-hybridized carbons (Fsp3) is 0.160. The fourth-order valence-corrected chi connectivity index (χ4v) is 4.90. The van der Waals surface area contributed by atoms with Crippen molar-refractivity contribution in [1.29, 1.82) is 0 Å². The Morgan fingerprint density at radius 2 is 1.94 bits per heavy atom. The Kier molecular flexibility index (Phi) is 5.87. The number of nitrogens with one attached hydrogen (secondary N) is 1. The van der Waals surface area contributed by atoms with Gasteiger partial charge in [-0.05, 0) is 47.2 Å². The molecule has 9 nitrogen and oxygen atoms in total. The number of benzene rings is 2. The van der Waals surface area contributed by atoms with Crippen LogP contribution in [0.3, 0.4) is 0 Å². The van der Waals surface area contributed by atoms with Gasteiger partial charge in [0.2, 0.25) is 0 Å². The zero-order valence-electron chi connectivity index (χ0n) is 19.1. The van der Waals surface area contributed by atoms with Crippen molar-refractivity contribution in [2.24, 2.45) is 0 Å². The lowest BCUT2D eigenvalue weighted by Crippen LogP contribution is -2.12. The van der Waals surface area contributed by atoms with Crippen LogP contribution >= 0.6 is 11.3 Å². The maximum Gasteiger partial charge on any atom is 0.307 e. The Morgan fingerprint density at radius 1 is 1.14 bits per heavy atom. The third-order valence-corrected chi connectivity index (χ3v) is 6.85. The van der Waals surface area contributed by atoms with E-state index in [9.17, 15) is 14.9 Å². The summed E-state index contributed by atoms with van der Waals surface area (Å²) in [4.78, 5) is 23.9. The van der Waals surface area contributed by atoms with Crippen LogP contribution in [0, 0.1) is 24.0 Å². The van der Waals surface area contributed by atoms with E-state index in [-0.39, 0.29) is 11.6 Å². The number of aryl methyl sites for hydroxylation is 1. The Labute approximate surface area is 204 Å². The molecule has 0 aliphatic rings. The standard InChI is InChI=1S/C25H22N6O3S/c1-16-24(17(2)30(28-16)13-20-8-5-7-19-6-3-4-9-22(19)20)27-25(32)23-10-18(15-35-23)12-29-14-21(11-26-29)31(33)34/h3-11,14-15H,12-13H2,1-2H3,(H,27,32). The molecule has 10 heteroatoms. The van der Waals surface area contributed by atoms with Crippen LogP contribution in [-0.4, -0.2) is 30.4 Å². The zero-order valence-corrected chi connectivity index (χ0v) is 20.0. The van der Waals surface area contributed by atoms with Gasteiger partial charge in [0.05, 0.1) is 40.0 Å². The van der Waals surface area contributed by atoms with E-state index in [4.69, 9.17) is 0 Å². The number of anilines is 1. The average molecular weight is 487 g/mol. The minimum absolute atomic E-state index is 0.0651. The van der Waals surface area contributed by atoms with Crippen molar-refractivity contribution in [2.75, 3.05) is 5.32 Å². The van der Waals surface area contributed by atoms with E-state index in [1.54, 1.807) is 6.07 Å². The Morgan fingerprint density at radius 3 is 2.74 bits per heavy atom. The average Bonchev–Trinajstić information content (AvgIpc) is 3.57. The Hall–Kier alpha value is -4.31. The molecule has 0 bridgehead atoms. The van der Waals surface area contributed by atoms with Crippen LogP contribution in [0.4, 0.5) is 11.4 Å². The smallest absolute Gasteiger partial charge is 0.307 e. The number of nitrogens with zero attached hydrogens (tertiary/aromatic N) is 5. The van der Waals surface area contributed by atoms with Crippen LogP contribution in [0.2, 0.25) is 0 Å². The molecule has 1 N–H and O–H groups in total. The summed E-state index contributed by atoms with van der Waals surface area (Å²) in [6.07, 6.45) is 2.58. The van der Waals surface area contributed by atoms with E-state index in [1.807, 2.05) is 42.1 Å². The van der Waals surface area contributed by atoms with Crippen molar-refractivity contribution in [2.45, 2.75) is 26.9 Å². The molecule has 0 aliphatic heterocycles. The number of carbonyl (C=O) groups excluding carboxylic acids is 1. The van der Waals surface area contributed by atoms with Crippen molar-refractivity contribution in [3.8, 4) is 0 Å². The number of hydrogen-bond acceptors (Lipinski definition) is 6. The highest BCUT2D eigenvalue weighted by atomic mass is 32.1. The minimum atomic E-state index is -0.485. The van der Waals surface area contributed by atoms with Gasteiger partial charge in [-0.1, -0.05) is 42.5 Å². The van der Waals surface area contributed by atoms with Crippen molar-refractivity contribution >= 4 is 39.4 Å². The van der Waals surface area contributed by atoms with Gasteiger partial charge in [-0.25, -0.2) is 0 Å². The molecule has 1 amide bonds. The summed E-state index contributed by atoms with van der Waals surface area (Å²) in [5.74, 6) is -0.219. The first-order valence-electron chi connectivity index (χ1n) is 11.0. The summed E-state index contributed by atoms with van der Waals surface area (Å²) in [6.45, 7) is 4.78. The summed E-state index contributed by atoms with van der Waals surface area (Å²) in [5.41, 5.74) is 4.27. The first-order valence-corrected chi connectivity index (χ1v) is 11.8. The van der Waals surface area contributed by atoms with Crippen LogP contribution in [0.5, 0.6) is 0 Å². The summed E-state index contributed by atoms with van der Waals surface area (Å²) in [7, 11) is 0. The van der Waals surface area contributed by atoms with Gasteiger partial charge in [0.1, 0.15) is 12.4 Å². The second-order valence-electron chi connectivity index (χ2n) is 8.27. The van der Waals surface area contributed by atoms with E-state index in [0.717, 1.165) is 22.5 Å². The molecule has 35 heavy (non-hydrogen) atoms. The van der Waals surface area contributed by atoms with Gasteiger partial charge in [-0.2, -0.15) is 10.2 Å². The quantitative estimate of drug-likeness (QED) is 0.252. The van der Waals surface area contributed by atoms with Crippen LogP contribution in [0.25, 0.3) is 10.8 Å². The molecule has 5 rings (SSSR count). The lowest BCUT2D eigenvalue weighted by atomic mass is 10.0. The molecular formula is C25H22N6O3S. The van der Waals surface area contributed by atoms with E-state index >= 15 is 0 Å². The number of hydrogen-bond donors (Lipinski definition) is 1. The molecule has 3 aromatic heterocycles. The molecule has 0 saturated heterocycles. The number of fused-ring (bicyclic) bond motifs is 1. The zero-order chi connectivity index (χ0) is 24.5. The number of rotatable bonds is 7. The van der Waals surface area contributed by atoms with Gasteiger partial charge >= 0.3 is 5.69 Å². The van der Waals surface area contributed by atoms with E-state index in [2.05, 4.69) is 39.8 Å². The number of amides is 1. The number of aromatic nitrogens is 4. The summed E-state index contributed by atoms with van der Waals surface area (Å²) < 4.78 is 3.39. The SMILES string of the molecule is Cc1nn(Cc2cccc3ccccc23)c(C)c1NC(=O)c1cc(Cn2cc([N+](=O)[O-])cn2)cs1. The third-order valence-electron chi connectivity index (χ3n) is 5.87. The first kappa shape index (κ1) is 22.5. The Bertz CT molecular complexity index is 1560. The molecule has 2 aromatic carbocycles. The molecule has 3 heterocycles. The molecule has 5 aromatic rings. The highest BCUT2D eigenvalue weighted by molar-refractivity contribution is 7.12. The number of carbonyl (C=O) groups is 1. The topological polar surface area (TPSA) is 108 Å². The second-order valence-corrected chi connectivity index (χ2v) is 9.18. The molecule has 0 aliphatic carbocycles. The summed E-state index contributed by atoms with van der Waals surface area (Å²) in [5, 5.41) is 26.7. The predicted molar refractivity (Wildman–Crippen MR) is 135 cm³/mol. The predicted octanol–water partition coefficient (Wildman–Crippen LogP) is 5.17. The van der Waals surface area contributed by atoms with Crippen LogP contribution in [0.1, 0.15) is 32.2 Å². The second kappa shape index (κ2) is 9.15. The van der Waals surface area contributed by atoms with Gasteiger partial charge in [0.15, 0.2) is 0 Å². The minimum Gasteiger partial charge on any atom is -0.318 e. The van der Waals surface area contributed by atoms with E-state index in [0.29, 0.717) is 23.7 Å². The van der Waals surface area contributed by atoms with Crippen molar-refractivity contribution < 1.29 is 9.72 Å². The lowest BCUT2D eigenvalue weighted by molar-refractivity contribution is -0.385. The van der Waals surface area contributed by atoms with Crippen molar-refractivity contribution in [3.05, 3.63) is 104 Å².